The van der Waals surface area contributed by atoms with Gasteiger partial charge >= 0.3 is 0 Å². The van der Waals surface area contributed by atoms with Crippen LogP contribution in [0.2, 0.25) is 0 Å². The van der Waals surface area contributed by atoms with E-state index in [0.717, 1.165) is 22.0 Å². The maximum Gasteiger partial charge on any atom is 0.264 e. The molecule has 3 N–H and O–H groups in total. The van der Waals surface area contributed by atoms with Crippen LogP contribution in [0.25, 0.3) is 21.8 Å². The van der Waals surface area contributed by atoms with Crippen molar-refractivity contribution in [3.8, 4) is 21.8 Å². The van der Waals surface area contributed by atoms with Gasteiger partial charge in [-0.25, -0.2) is 32.2 Å². The number of thiazole rings is 1. The molecular formula is C23H21F2N5O2S2. The van der Waals surface area contributed by atoms with Crippen LogP contribution in [0.1, 0.15) is 25.8 Å². The number of nitrogen functional groups attached to an aromatic ring is 1. The van der Waals surface area contributed by atoms with Crippen LogP contribution in [0.4, 0.5) is 20.4 Å². The van der Waals surface area contributed by atoms with Crippen molar-refractivity contribution in [3.63, 3.8) is 0 Å². The molecule has 0 bridgehead atoms. The Bertz CT molecular complexity index is 1480. The van der Waals surface area contributed by atoms with Crippen molar-refractivity contribution < 1.29 is 17.2 Å². The number of nitrogens with zero attached hydrogens (tertiary/aromatic N) is 3. The van der Waals surface area contributed by atoms with Crippen molar-refractivity contribution in [1.82, 2.24) is 15.0 Å². The Labute approximate surface area is 199 Å². The number of anilines is 2. The van der Waals surface area contributed by atoms with E-state index >= 15 is 0 Å². The van der Waals surface area contributed by atoms with Gasteiger partial charge in [-0.3, -0.25) is 4.72 Å². The fraction of sp³-hybridized carbons (Fsp3) is 0.174. The predicted molar refractivity (Wildman–Crippen MR) is 129 cm³/mol. The van der Waals surface area contributed by atoms with Crippen molar-refractivity contribution in [2.24, 2.45) is 0 Å². The molecule has 0 unspecified atom stereocenters. The fourth-order valence-corrected chi connectivity index (χ4v) is 5.39. The van der Waals surface area contributed by atoms with Gasteiger partial charge in [0.1, 0.15) is 16.5 Å². The first kappa shape index (κ1) is 23.7. The fourth-order valence-electron chi connectivity index (χ4n) is 3.13. The first-order chi connectivity index (χ1) is 15.9. The lowest BCUT2D eigenvalue weighted by Gasteiger charge is -2.13. The largest absolute Gasteiger partial charge is 0.368 e. The molecule has 0 radical (unpaired) electrons. The smallest absolute Gasteiger partial charge is 0.264 e. The van der Waals surface area contributed by atoms with Gasteiger partial charge in [-0.2, -0.15) is 0 Å². The second-order valence-corrected chi connectivity index (χ2v) is 11.2. The van der Waals surface area contributed by atoms with E-state index in [2.05, 4.69) is 14.7 Å². The second kappa shape index (κ2) is 8.73. The number of sulfonamides is 1. The standard InChI is InChI=1S/C23H21F2N5O2S2/c1-23(2,3)21-29-19(20(33-21)17-9-10-27-22(26)28-17)13-5-4-6-15(11-13)30-34(31,32)18-12-14(24)7-8-16(18)25/h4-12,30H,1-3H3,(H2,26,27,28). The highest BCUT2D eigenvalue weighted by molar-refractivity contribution is 7.92. The molecule has 0 spiro atoms. The molecular weight excluding hydrogens is 480 g/mol. The van der Waals surface area contributed by atoms with Gasteiger partial charge in [0.25, 0.3) is 10.0 Å². The van der Waals surface area contributed by atoms with Gasteiger partial charge in [0.15, 0.2) is 0 Å². The summed E-state index contributed by atoms with van der Waals surface area (Å²) < 4.78 is 55.4. The normalized spacial score (nSPS) is 12.0. The number of hydrogen-bond acceptors (Lipinski definition) is 7. The van der Waals surface area contributed by atoms with Gasteiger partial charge in [0.2, 0.25) is 5.95 Å². The zero-order valence-electron chi connectivity index (χ0n) is 18.5. The summed E-state index contributed by atoms with van der Waals surface area (Å²) in [5, 5.41) is 0.850. The van der Waals surface area contributed by atoms with Crippen molar-refractivity contribution in [2.45, 2.75) is 31.1 Å². The third-order valence-corrected chi connectivity index (χ3v) is 7.65. The summed E-state index contributed by atoms with van der Waals surface area (Å²) in [5.41, 5.74) is 7.48. The Morgan fingerprint density at radius 1 is 1.03 bits per heavy atom. The van der Waals surface area contributed by atoms with E-state index in [1.54, 1.807) is 30.5 Å². The number of rotatable bonds is 5. The lowest BCUT2D eigenvalue weighted by atomic mass is 9.98. The summed E-state index contributed by atoms with van der Waals surface area (Å²) in [6, 6.07) is 10.5. The average Bonchev–Trinajstić information content (AvgIpc) is 3.21. The summed E-state index contributed by atoms with van der Waals surface area (Å²) in [4.78, 5) is 13.0. The van der Waals surface area contributed by atoms with E-state index in [9.17, 15) is 17.2 Å². The van der Waals surface area contributed by atoms with Crippen molar-refractivity contribution in [2.75, 3.05) is 10.5 Å². The lowest BCUT2D eigenvalue weighted by molar-refractivity contribution is 0.555. The van der Waals surface area contributed by atoms with E-state index in [1.165, 1.54) is 17.4 Å². The minimum atomic E-state index is -4.37. The summed E-state index contributed by atoms with van der Waals surface area (Å²) >= 11 is 1.46. The number of nitrogens with one attached hydrogen (secondary N) is 1. The molecule has 0 saturated carbocycles. The SMILES string of the molecule is CC(C)(C)c1nc(-c2cccc(NS(=O)(=O)c3cc(F)ccc3F)c2)c(-c2ccnc(N)n2)s1. The van der Waals surface area contributed by atoms with E-state index in [1.807, 2.05) is 20.8 Å². The molecule has 0 aliphatic heterocycles. The first-order valence-electron chi connectivity index (χ1n) is 10.1. The third-order valence-electron chi connectivity index (χ3n) is 4.75. The molecule has 4 rings (SSSR count). The van der Waals surface area contributed by atoms with Gasteiger partial charge < -0.3 is 5.73 Å². The van der Waals surface area contributed by atoms with Gasteiger partial charge in [0.05, 0.1) is 21.3 Å². The van der Waals surface area contributed by atoms with Crippen LogP contribution in [0.5, 0.6) is 0 Å². The van der Waals surface area contributed by atoms with Crippen LogP contribution < -0.4 is 10.5 Å². The van der Waals surface area contributed by atoms with E-state index < -0.39 is 26.6 Å². The summed E-state index contributed by atoms with van der Waals surface area (Å²) in [7, 11) is -4.37. The summed E-state index contributed by atoms with van der Waals surface area (Å²) in [5.74, 6) is -1.79. The molecule has 0 amide bonds. The third kappa shape index (κ3) is 4.90. The quantitative estimate of drug-likeness (QED) is 0.388. The van der Waals surface area contributed by atoms with E-state index in [0.29, 0.717) is 23.0 Å². The lowest BCUT2D eigenvalue weighted by Crippen LogP contribution is -2.15. The molecule has 176 valence electrons. The summed E-state index contributed by atoms with van der Waals surface area (Å²) in [6.07, 6.45) is 1.55. The molecule has 0 aliphatic carbocycles. The maximum atomic E-state index is 14.1. The van der Waals surface area contributed by atoms with Gasteiger partial charge in [-0.05, 0) is 36.4 Å². The molecule has 2 aromatic carbocycles. The molecule has 7 nitrogen and oxygen atoms in total. The van der Waals surface area contributed by atoms with Gasteiger partial charge in [-0.1, -0.05) is 32.9 Å². The maximum absolute atomic E-state index is 14.1. The highest BCUT2D eigenvalue weighted by Crippen LogP contribution is 2.40. The Kier molecular flexibility index (Phi) is 6.09. The van der Waals surface area contributed by atoms with Crippen LogP contribution in [0.3, 0.4) is 0 Å². The number of aromatic nitrogens is 3. The topological polar surface area (TPSA) is 111 Å². The summed E-state index contributed by atoms with van der Waals surface area (Å²) in [6.45, 7) is 6.10. The minimum Gasteiger partial charge on any atom is -0.368 e. The van der Waals surface area contributed by atoms with E-state index in [-0.39, 0.29) is 17.1 Å². The molecule has 0 saturated heterocycles. The Morgan fingerprint density at radius 2 is 1.79 bits per heavy atom. The number of nitrogens with two attached hydrogens (primary N) is 1. The average molecular weight is 502 g/mol. The van der Waals surface area contributed by atoms with Crippen LogP contribution in [-0.4, -0.2) is 23.4 Å². The number of benzene rings is 2. The van der Waals surface area contributed by atoms with Crippen LogP contribution in [0, 0.1) is 11.6 Å². The van der Waals surface area contributed by atoms with Crippen molar-refractivity contribution in [3.05, 3.63) is 71.4 Å². The van der Waals surface area contributed by atoms with Crippen LogP contribution in [0.15, 0.2) is 59.6 Å². The number of halogens is 2. The molecule has 4 aromatic rings. The Hall–Kier alpha value is -3.44. The monoisotopic (exact) mass is 501 g/mol. The molecule has 2 aromatic heterocycles. The molecule has 0 aliphatic rings. The van der Waals surface area contributed by atoms with Crippen molar-refractivity contribution in [1.29, 1.82) is 0 Å². The van der Waals surface area contributed by atoms with E-state index in [4.69, 9.17) is 10.7 Å². The predicted octanol–water partition coefficient (Wildman–Crippen LogP) is 5.23. The van der Waals surface area contributed by atoms with Gasteiger partial charge in [0, 0.05) is 22.9 Å². The molecule has 0 atom stereocenters. The van der Waals surface area contributed by atoms with Crippen molar-refractivity contribution >= 4 is 33.0 Å². The zero-order valence-corrected chi connectivity index (χ0v) is 20.1. The number of hydrogen-bond donors (Lipinski definition) is 2. The minimum absolute atomic E-state index is 0.118. The molecule has 11 heteroatoms. The highest BCUT2D eigenvalue weighted by atomic mass is 32.2. The first-order valence-corrected chi connectivity index (χ1v) is 12.4. The van der Waals surface area contributed by atoms with Crippen LogP contribution in [-0.2, 0) is 15.4 Å². The van der Waals surface area contributed by atoms with Crippen LogP contribution >= 0.6 is 11.3 Å². The Balaban J connectivity index is 1.78. The molecule has 34 heavy (non-hydrogen) atoms. The zero-order chi connectivity index (χ0) is 24.7. The second-order valence-electron chi connectivity index (χ2n) is 8.51. The Morgan fingerprint density at radius 3 is 2.50 bits per heavy atom. The molecule has 2 heterocycles. The van der Waals surface area contributed by atoms with Gasteiger partial charge in [-0.15, -0.1) is 11.3 Å². The molecule has 0 fully saturated rings. The highest BCUT2D eigenvalue weighted by Gasteiger charge is 2.25.